The highest BCUT2D eigenvalue weighted by Crippen LogP contribution is 2.33. The molecule has 162 valence electrons. The van der Waals surface area contributed by atoms with Crippen LogP contribution in [0.5, 0.6) is 5.75 Å². The van der Waals surface area contributed by atoms with E-state index in [1.807, 2.05) is 36.4 Å². The Hall–Kier alpha value is -3.81. The maximum atomic E-state index is 13.6. The number of imidazole rings is 1. The second kappa shape index (κ2) is 8.03. The predicted octanol–water partition coefficient (Wildman–Crippen LogP) is 4.47. The molecule has 1 aliphatic heterocycles. The van der Waals surface area contributed by atoms with E-state index in [9.17, 15) is 13.6 Å². The molecule has 1 atom stereocenters. The first-order chi connectivity index (χ1) is 15.5. The molecule has 8 heteroatoms. The summed E-state index contributed by atoms with van der Waals surface area (Å²) in [5.74, 6) is -0.437. The van der Waals surface area contributed by atoms with Crippen molar-refractivity contribution in [2.24, 2.45) is 0 Å². The summed E-state index contributed by atoms with van der Waals surface area (Å²) >= 11 is 0. The van der Waals surface area contributed by atoms with Crippen LogP contribution in [0.1, 0.15) is 22.8 Å². The molecule has 1 unspecified atom stereocenters. The minimum atomic E-state index is -0.768. The van der Waals surface area contributed by atoms with E-state index >= 15 is 0 Å². The van der Waals surface area contributed by atoms with Crippen LogP contribution in [0, 0.1) is 11.6 Å². The maximum Gasteiger partial charge on any atom is 0.254 e. The summed E-state index contributed by atoms with van der Waals surface area (Å²) in [5.41, 5.74) is 2.40. The number of benzene rings is 2. The van der Waals surface area contributed by atoms with Gasteiger partial charge in [-0.25, -0.2) is 18.7 Å². The SMILES string of the molecule is COc1ccc(-c2nc3cccnc3n2C2CCN(C(=O)c3cc(F)cc(F)c3)C2)cc1. The molecule has 1 aliphatic rings. The highest BCUT2D eigenvalue weighted by atomic mass is 19.1. The standard InChI is InChI=1S/C24H20F2N4O2/c1-32-20-6-4-15(5-7-20)22-28-21-3-2-9-27-23(21)30(22)19-8-10-29(14-19)24(31)16-11-17(25)13-18(26)12-16/h2-7,9,11-13,19H,8,10,14H2,1H3. The minimum Gasteiger partial charge on any atom is -0.497 e. The third-order valence-corrected chi connectivity index (χ3v) is 5.72. The summed E-state index contributed by atoms with van der Waals surface area (Å²) in [7, 11) is 1.61. The van der Waals surface area contributed by atoms with Gasteiger partial charge in [-0.3, -0.25) is 4.79 Å². The zero-order valence-electron chi connectivity index (χ0n) is 17.3. The van der Waals surface area contributed by atoms with Gasteiger partial charge in [0.15, 0.2) is 5.65 Å². The highest BCUT2D eigenvalue weighted by molar-refractivity contribution is 5.94. The van der Waals surface area contributed by atoms with Crippen molar-refractivity contribution in [3.8, 4) is 17.1 Å². The summed E-state index contributed by atoms with van der Waals surface area (Å²) in [5, 5.41) is 0. The summed E-state index contributed by atoms with van der Waals surface area (Å²) in [4.78, 5) is 23.8. The van der Waals surface area contributed by atoms with Crippen LogP contribution in [0.4, 0.5) is 8.78 Å². The number of ether oxygens (including phenoxy) is 1. The summed E-state index contributed by atoms with van der Waals surface area (Å²) in [6, 6.07) is 14.2. The quantitative estimate of drug-likeness (QED) is 0.476. The maximum absolute atomic E-state index is 13.6. The zero-order chi connectivity index (χ0) is 22.2. The number of amides is 1. The van der Waals surface area contributed by atoms with Crippen molar-refractivity contribution in [3.05, 3.63) is 78.0 Å². The van der Waals surface area contributed by atoms with Crippen LogP contribution in [-0.4, -0.2) is 45.5 Å². The Morgan fingerprint density at radius 1 is 1.09 bits per heavy atom. The van der Waals surface area contributed by atoms with Gasteiger partial charge in [-0.15, -0.1) is 0 Å². The van der Waals surface area contributed by atoms with Gasteiger partial charge in [0.05, 0.1) is 13.2 Å². The highest BCUT2D eigenvalue weighted by Gasteiger charge is 2.31. The van der Waals surface area contributed by atoms with E-state index in [1.165, 1.54) is 0 Å². The molecule has 0 spiro atoms. The molecule has 0 aliphatic carbocycles. The van der Waals surface area contributed by atoms with Crippen molar-refractivity contribution >= 4 is 17.1 Å². The first kappa shape index (κ1) is 20.1. The molecule has 0 bridgehead atoms. The molecule has 1 amide bonds. The lowest BCUT2D eigenvalue weighted by molar-refractivity contribution is 0.0787. The zero-order valence-corrected chi connectivity index (χ0v) is 17.3. The minimum absolute atomic E-state index is 0.00661. The number of nitrogens with zero attached hydrogens (tertiary/aromatic N) is 4. The molecule has 5 rings (SSSR count). The number of hydrogen-bond donors (Lipinski definition) is 0. The Bertz CT molecular complexity index is 1280. The molecule has 6 nitrogen and oxygen atoms in total. The van der Waals surface area contributed by atoms with Gasteiger partial charge in [-0.05, 0) is 55.0 Å². The fourth-order valence-corrected chi connectivity index (χ4v) is 4.22. The number of likely N-dealkylation sites (tertiary alicyclic amines) is 1. The van der Waals surface area contributed by atoms with E-state index in [1.54, 1.807) is 18.2 Å². The molecule has 0 N–H and O–H groups in total. The molecular weight excluding hydrogens is 414 g/mol. The first-order valence-electron chi connectivity index (χ1n) is 10.3. The van der Waals surface area contributed by atoms with Crippen molar-refractivity contribution in [2.45, 2.75) is 12.5 Å². The van der Waals surface area contributed by atoms with Crippen molar-refractivity contribution in [2.75, 3.05) is 20.2 Å². The van der Waals surface area contributed by atoms with Crippen molar-refractivity contribution < 1.29 is 18.3 Å². The Labute approximate surface area is 183 Å². The molecule has 3 heterocycles. The fourth-order valence-electron chi connectivity index (χ4n) is 4.22. The number of hydrogen-bond acceptors (Lipinski definition) is 4. The number of aromatic nitrogens is 3. The average molecular weight is 434 g/mol. The van der Waals surface area contributed by atoms with Gasteiger partial charge >= 0.3 is 0 Å². The Morgan fingerprint density at radius 3 is 2.56 bits per heavy atom. The van der Waals surface area contributed by atoms with E-state index in [2.05, 4.69) is 9.55 Å². The number of rotatable bonds is 4. The number of carbonyl (C=O) groups excluding carboxylic acids is 1. The molecule has 4 aromatic rings. The Morgan fingerprint density at radius 2 is 1.84 bits per heavy atom. The number of fused-ring (bicyclic) bond motifs is 1. The van der Waals surface area contributed by atoms with Gasteiger partial charge in [-0.1, -0.05) is 0 Å². The van der Waals surface area contributed by atoms with Gasteiger partial charge in [-0.2, -0.15) is 0 Å². The predicted molar refractivity (Wildman–Crippen MR) is 115 cm³/mol. The van der Waals surface area contributed by atoms with Crippen molar-refractivity contribution in [1.29, 1.82) is 0 Å². The van der Waals surface area contributed by atoms with E-state index < -0.39 is 17.5 Å². The summed E-state index contributed by atoms with van der Waals surface area (Å²) < 4.78 is 34.5. The van der Waals surface area contributed by atoms with Crippen LogP contribution in [0.2, 0.25) is 0 Å². The van der Waals surface area contributed by atoms with Gasteiger partial charge < -0.3 is 14.2 Å². The summed E-state index contributed by atoms with van der Waals surface area (Å²) in [6.45, 7) is 0.859. The van der Waals surface area contributed by atoms with Gasteiger partial charge in [0, 0.05) is 36.5 Å². The topological polar surface area (TPSA) is 60.3 Å². The van der Waals surface area contributed by atoms with Crippen LogP contribution in [0.3, 0.4) is 0 Å². The number of methoxy groups -OCH3 is 1. The van der Waals surface area contributed by atoms with Gasteiger partial charge in [0.1, 0.15) is 28.7 Å². The number of carbonyl (C=O) groups is 1. The molecular formula is C24H20F2N4O2. The summed E-state index contributed by atoms with van der Waals surface area (Å²) in [6.07, 6.45) is 2.39. The van der Waals surface area contributed by atoms with Gasteiger partial charge in [0.2, 0.25) is 0 Å². The molecule has 32 heavy (non-hydrogen) atoms. The van der Waals surface area contributed by atoms with E-state index in [-0.39, 0.29) is 11.6 Å². The molecule has 0 saturated carbocycles. The second-order valence-electron chi connectivity index (χ2n) is 7.73. The molecule has 0 radical (unpaired) electrons. The fraction of sp³-hybridized carbons (Fsp3) is 0.208. The van der Waals surface area contributed by atoms with E-state index in [0.717, 1.165) is 46.5 Å². The third-order valence-electron chi connectivity index (χ3n) is 5.72. The van der Waals surface area contributed by atoms with Crippen molar-refractivity contribution in [3.63, 3.8) is 0 Å². The molecule has 2 aromatic heterocycles. The normalized spacial score (nSPS) is 16.0. The number of halogens is 2. The van der Waals surface area contributed by atoms with E-state index in [4.69, 9.17) is 9.72 Å². The lowest BCUT2D eigenvalue weighted by Gasteiger charge is -2.19. The largest absolute Gasteiger partial charge is 0.497 e. The average Bonchev–Trinajstić information content (AvgIpc) is 3.42. The van der Waals surface area contributed by atoms with Crippen LogP contribution < -0.4 is 4.74 Å². The van der Waals surface area contributed by atoms with Crippen LogP contribution in [-0.2, 0) is 0 Å². The van der Waals surface area contributed by atoms with Crippen LogP contribution >= 0.6 is 0 Å². The first-order valence-corrected chi connectivity index (χ1v) is 10.3. The van der Waals surface area contributed by atoms with E-state index in [0.29, 0.717) is 19.5 Å². The number of pyridine rings is 1. The Balaban J connectivity index is 1.50. The van der Waals surface area contributed by atoms with Gasteiger partial charge in [0.25, 0.3) is 5.91 Å². The Kier molecular flexibility index (Phi) is 5.05. The molecule has 1 saturated heterocycles. The third kappa shape index (κ3) is 3.57. The molecule has 2 aromatic carbocycles. The lowest BCUT2D eigenvalue weighted by atomic mass is 10.1. The second-order valence-corrected chi connectivity index (χ2v) is 7.73. The molecule has 1 fully saturated rings. The van der Waals surface area contributed by atoms with Crippen LogP contribution in [0.25, 0.3) is 22.6 Å². The van der Waals surface area contributed by atoms with Crippen LogP contribution in [0.15, 0.2) is 60.8 Å². The van der Waals surface area contributed by atoms with Crippen molar-refractivity contribution in [1.82, 2.24) is 19.4 Å². The smallest absolute Gasteiger partial charge is 0.254 e. The monoisotopic (exact) mass is 434 g/mol. The lowest BCUT2D eigenvalue weighted by Crippen LogP contribution is -2.29.